The number of rotatable bonds is 6. The normalized spacial score (nSPS) is 21.0. The molecule has 0 radical (unpaired) electrons. The van der Waals surface area contributed by atoms with Gasteiger partial charge in [-0.25, -0.2) is 4.98 Å². The van der Waals surface area contributed by atoms with E-state index in [9.17, 15) is 9.59 Å². The number of pyridine rings is 1. The van der Waals surface area contributed by atoms with Crippen molar-refractivity contribution in [2.45, 2.75) is 44.6 Å². The van der Waals surface area contributed by atoms with E-state index in [1.807, 2.05) is 18.2 Å². The van der Waals surface area contributed by atoms with Crippen LogP contribution in [0.5, 0.6) is 5.88 Å². The number of amides is 2. The Balaban J connectivity index is 1.37. The average Bonchev–Trinajstić information content (AvgIpc) is 3.26. The Bertz CT molecular complexity index is 558. The van der Waals surface area contributed by atoms with E-state index in [0.717, 1.165) is 19.3 Å². The summed E-state index contributed by atoms with van der Waals surface area (Å²) in [5, 5.41) is 2.77. The molecule has 6 heteroatoms. The number of hydrogen-bond donors (Lipinski definition) is 1. The summed E-state index contributed by atoms with van der Waals surface area (Å²) in [4.78, 5) is 30.0. The van der Waals surface area contributed by atoms with Crippen LogP contribution in [0.2, 0.25) is 0 Å². The van der Waals surface area contributed by atoms with Crippen LogP contribution in [0, 0.1) is 5.92 Å². The molecule has 1 aromatic rings. The van der Waals surface area contributed by atoms with Gasteiger partial charge < -0.3 is 15.0 Å². The fourth-order valence-corrected chi connectivity index (χ4v) is 3.47. The first-order valence-corrected chi connectivity index (χ1v) is 8.83. The monoisotopic (exact) mass is 331 g/mol. The van der Waals surface area contributed by atoms with Crippen molar-refractivity contribution in [1.82, 2.24) is 15.2 Å². The minimum atomic E-state index is -0.0399. The first-order valence-electron chi connectivity index (χ1n) is 8.83. The van der Waals surface area contributed by atoms with E-state index in [-0.39, 0.29) is 24.5 Å². The third-order valence-electron chi connectivity index (χ3n) is 4.81. The highest BCUT2D eigenvalue weighted by Gasteiger charge is 2.28. The van der Waals surface area contributed by atoms with Gasteiger partial charge in [-0.15, -0.1) is 0 Å². The van der Waals surface area contributed by atoms with Crippen LogP contribution < -0.4 is 10.1 Å². The summed E-state index contributed by atoms with van der Waals surface area (Å²) in [7, 11) is 0. The van der Waals surface area contributed by atoms with E-state index < -0.39 is 0 Å². The summed E-state index contributed by atoms with van der Waals surface area (Å²) in [5.74, 6) is 1.04. The number of ether oxygens (including phenoxy) is 1. The number of nitrogens with zero attached hydrogens (tertiary/aromatic N) is 2. The molecule has 0 bridgehead atoms. The second-order valence-electron chi connectivity index (χ2n) is 6.67. The first-order chi connectivity index (χ1) is 11.7. The van der Waals surface area contributed by atoms with Gasteiger partial charge in [0.2, 0.25) is 17.7 Å². The Morgan fingerprint density at radius 3 is 2.83 bits per heavy atom. The predicted molar refractivity (Wildman–Crippen MR) is 89.4 cm³/mol. The lowest BCUT2D eigenvalue weighted by Crippen LogP contribution is -2.40. The Morgan fingerprint density at radius 1 is 1.25 bits per heavy atom. The molecule has 6 nitrogen and oxygen atoms in total. The molecule has 1 saturated heterocycles. The van der Waals surface area contributed by atoms with E-state index in [4.69, 9.17) is 4.74 Å². The molecule has 2 fully saturated rings. The number of aromatic nitrogens is 1. The zero-order valence-electron chi connectivity index (χ0n) is 13.9. The maximum Gasteiger partial charge on any atom is 0.242 e. The van der Waals surface area contributed by atoms with Crippen molar-refractivity contribution >= 4 is 11.8 Å². The van der Waals surface area contributed by atoms with Gasteiger partial charge in [0.1, 0.15) is 6.10 Å². The van der Waals surface area contributed by atoms with Crippen LogP contribution in [0.4, 0.5) is 0 Å². The van der Waals surface area contributed by atoms with Crippen molar-refractivity contribution in [3.63, 3.8) is 0 Å². The maximum atomic E-state index is 12.2. The van der Waals surface area contributed by atoms with E-state index in [1.54, 1.807) is 11.1 Å². The fourth-order valence-electron chi connectivity index (χ4n) is 3.47. The lowest BCUT2D eigenvalue weighted by molar-refractivity contribution is -0.132. The first kappa shape index (κ1) is 16.7. The van der Waals surface area contributed by atoms with Crippen molar-refractivity contribution in [2.24, 2.45) is 5.92 Å². The van der Waals surface area contributed by atoms with Crippen molar-refractivity contribution in [1.29, 1.82) is 0 Å². The molecule has 1 saturated carbocycles. The molecule has 0 aromatic carbocycles. The largest absolute Gasteiger partial charge is 0.472 e. The third-order valence-corrected chi connectivity index (χ3v) is 4.81. The molecular formula is C18H25N3O3. The van der Waals surface area contributed by atoms with E-state index in [2.05, 4.69) is 10.3 Å². The Labute approximate surface area is 142 Å². The number of nitrogens with one attached hydrogen (secondary N) is 1. The second kappa shape index (κ2) is 8.13. The van der Waals surface area contributed by atoms with Crippen LogP contribution in [0.25, 0.3) is 0 Å². The Hall–Kier alpha value is -2.11. The lowest BCUT2D eigenvalue weighted by atomic mass is 10.0. The summed E-state index contributed by atoms with van der Waals surface area (Å²) < 4.78 is 5.78. The number of hydrogen-bond acceptors (Lipinski definition) is 4. The van der Waals surface area contributed by atoms with Crippen LogP contribution in [0.1, 0.15) is 38.5 Å². The van der Waals surface area contributed by atoms with E-state index in [1.165, 1.54) is 12.8 Å². The lowest BCUT2D eigenvalue weighted by Gasteiger charge is -2.17. The standard InChI is InChI=1S/C18H25N3O3/c22-16(11-14-5-1-2-6-14)20-12-18(23)21-10-8-15(13-21)24-17-7-3-4-9-19-17/h3-4,7,9,14-15H,1-2,5-6,8,10-13H2,(H,20,22). The highest BCUT2D eigenvalue weighted by Crippen LogP contribution is 2.27. The zero-order chi connectivity index (χ0) is 16.8. The highest BCUT2D eigenvalue weighted by atomic mass is 16.5. The zero-order valence-corrected chi connectivity index (χ0v) is 13.9. The molecule has 1 aromatic heterocycles. The summed E-state index contributed by atoms with van der Waals surface area (Å²) in [6.45, 7) is 1.30. The molecular weight excluding hydrogens is 306 g/mol. The van der Waals surface area contributed by atoms with Crippen molar-refractivity contribution in [3.05, 3.63) is 24.4 Å². The number of carbonyl (C=O) groups is 2. The summed E-state index contributed by atoms with van der Waals surface area (Å²) in [6, 6.07) is 5.53. The SMILES string of the molecule is O=C(CC1CCCC1)NCC(=O)N1CCC(Oc2ccccn2)C1. The molecule has 0 spiro atoms. The molecule has 3 rings (SSSR count). The van der Waals surface area contributed by atoms with Crippen molar-refractivity contribution in [2.75, 3.05) is 19.6 Å². The summed E-state index contributed by atoms with van der Waals surface area (Å²) in [6.07, 6.45) is 7.73. The number of likely N-dealkylation sites (tertiary alicyclic amines) is 1. The van der Waals surface area contributed by atoms with Crippen molar-refractivity contribution < 1.29 is 14.3 Å². The van der Waals surface area contributed by atoms with E-state index in [0.29, 0.717) is 31.3 Å². The molecule has 2 aliphatic rings. The topological polar surface area (TPSA) is 71.5 Å². The Morgan fingerprint density at radius 2 is 2.08 bits per heavy atom. The summed E-state index contributed by atoms with van der Waals surface area (Å²) in [5.41, 5.74) is 0. The van der Waals surface area contributed by atoms with Gasteiger partial charge in [-0.1, -0.05) is 18.9 Å². The molecule has 2 heterocycles. The Kier molecular flexibility index (Phi) is 5.67. The van der Waals surface area contributed by atoms with Gasteiger partial charge in [-0.05, 0) is 24.8 Å². The molecule has 130 valence electrons. The molecule has 1 aliphatic heterocycles. The minimum Gasteiger partial charge on any atom is -0.472 e. The van der Waals surface area contributed by atoms with Gasteiger partial charge in [0.15, 0.2) is 0 Å². The van der Waals surface area contributed by atoms with Gasteiger partial charge in [-0.3, -0.25) is 9.59 Å². The van der Waals surface area contributed by atoms with Crippen LogP contribution in [-0.4, -0.2) is 47.4 Å². The van der Waals surface area contributed by atoms with Gasteiger partial charge in [0, 0.05) is 31.6 Å². The van der Waals surface area contributed by atoms with Gasteiger partial charge in [0.25, 0.3) is 0 Å². The molecule has 1 aliphatic carbocycles. The quantitative estimate of drug-likeness (QED) is 0.862. The molecule has 1 unspecified atom stereocenters. The molecule has 1 N–H and O–H groups in total. The fraction of sp³-hybridized carbons (Fsp3) is 0.611. The molecule has 1 atom stereocenters. The summed E-state index contributed by atoms with van der Waals surface area (Å²) >= 11 is 0. The predicted octanol–water partition coefficient (Wildman–Crippen LogP) is 1.76. The van der Waals surface area contributed by atoms with Crippen LogP contribution in [-0.2, 0) is 9.59 Å². The van der Waals surface area contributed by atoms with Crippen molar-refractivity contribution in [3.8, 4) is 5.88 Å². The second-order valence-corrected chi connectivity index (χ2v) is 6.67. The van der Waals surface area contributed by atoms with E-state index >= 15 is 0 Å². The van der Waals surface area contributed by atoms with Crippen LogP contribution in [0.3, 0.4) is 0 Å². The highest BCUT2D eigenvalue weighted by molar-refractivity contribution is 5.85. The van der Waals surface area contributed by atoms with Crippen LogP contribution in [0.15, 0.2) is 24.4 Å². The molecule has 2 amide bonds. The smallest absolute Gasteiger partial charge is 0.242 e. The van der Waals surface area contributed by atoms with Gasteiger partial charge >= 0.3 is 0 Å². The number of carbonyl (C=O) groups excluding carboxylic acids is 2. The van der Waals surface area contributed by atoms with Gasteiger partial charge in [-0.2, -0.15) is 0 Å². The molecule has 24 heavy (non-hydrogen) atoms. The van der Waals surface area contributed by atoms with Gasteiger partial charge in [0.05, 0.1) is 13.1 Å². The van der Waals surface area contributed by atoms with Crippen LogP contribution >= 0.6 is 0 Å². The third kappa shape index (κ3) is 4.69. The minimum absolute atomic E-state index is 0.00395. The average molecular weight is 331 g/mol. The maximum absolute atomic E-state index is 12.2.